The Balaban J connectivity index is 1.59. The Labute approximate surface area is 200 Å². The summed E-state index contributed by atoms with van der Waals surface area (Å²) in [4.78, 5) is 13.3. The number of rotatable bonds is 10. The fourth-order valence-electron chi connectivity index (χ4n) is 3.44. The van der Waals surface area contributed by atoms with Crippen LogP contribution in [0.5, 0.6) is 17.2 Å². The second kappa shape index (κ2) is 11.5. The molecule has 0 aliphatic carbocycles. The lowest BCUT2D eigenvalue weighted by atomic mass is 10.1. The fourth-order valence-corrected chi connectivity index (χ4v) is 3.44. The van der Waals surface area contributed by atoms with Gasteiger partial charge < -0.3 is 14.2 Å². The summed E-state index contributed by atoms with van der Waals surface area (Å²) < 4.78 is 17.3. The minimum absolute atomic E-state index is 0.192. The van der Waals surface area contributed by atoms with Gasteiger partial charge in [-0.15, -0.1) is 0 Å². The van der Waals surface area contributed by atoms with E-state index < -0.39 is 0 Å². The van der Waals surface area contributed by atoms with Gasteiger partial charge in [0.15, 0.2) is 5.78 Å². The molecule has 0 bridgehead atoms. The first kappa shape index (κ1) is 22.9. The van der Waals surface area contributed by atoms with Crippen molar-refractivity contribution < 1.29 is 19.0 Å². The monoisotopic (exact) mass is 450 g/mol. The number of methoxy groups -OCH3 is 1. The maximum atomic E-state index is 13.3. The molecule has 0 aliphatic rings. The van der Waals surface area contributed by atoms with E-state index in [1.165, 1.54) is 0 Å². The molecule has 0 saturated carbocycles. The fraction of sp³-hybridized carbons (Fsp3) is 0.100. The summed E-state index contributed by atoms with van der Waals surface area (Å²) in [6.45, 7) is 0.705. The van der Waals surface area contributed by atoms with Crippen LogP contribution in [0.3, 0.4) is 0 Å². The van der Waals surface area contributed by atoms with E-state index in [2.05, 4.69) is 0 Å². The number of hydrogen-bond acceptors (Lipinski definition) is 4. The Bertz CT molecular complexity index is 1170. The van der Waals surface area contributed by atoms with Crippen molar-refractivity contribution in [2.75, 3.05) is 7.11 Å². The topological polar surface area (TPSA) is 44.8 Å². The van der Waals surface area contributed by atoms with Gasteiger partial charge in [0.2, 0.25) is 0 Å². The average Bonchev–Trinajstić information content (AvgIpc) is 2.90. The standard InChI is InChI=1S/C30H26O4/c1-32-26-18-15-23(16-19-26)17-20-27(31)30-28(33-21-24-9-4-2-5-10-24)13-8-14-29(30)34-22-25-11-6-3-7-12-25/h2-20H,21-22H2,1H3/b20-17+. The summed E-state index contributed by atoms with van der Waals surface area (Å²) in [5.74, 6) is 1.54. The smallest absolute Gasteiger partial charge is 0.193 e. The van der Waals surface area contributed by atoms with E-state index in [-0.39, 0.29) is 5.78 Å². The number of hydrogen-bond donors (Lipinski definition) is 0. The van der Waals surface area contributed by atoms with E-state index in [0.29, 0.717) is 30.3 Å². The molecule has 0 spiro atoms. The van der Waals surface area contributed by atoms with Gasteiger partial charge in [-0.2, -0.15) is 0 Å². The Morgan fingerprint density at radius 2 is 1.21 bits per heavy atom. The van der Waals surface area contributed by atoms with Gasteiger partial charge in [0.25, 0.3) is 0 Å². The average molecular weight is 451 g/mol. The molecule has 4 nitrogen and oxygen atoms in total. The van der Waals surface area contributed by atoms with Gasteiger partial charge in [0.05, 0.1) is 7.11 Å². The lowest BCUT2D eigenvalue weighted by Gasteiger charge is -2.15. The van der Waals surface area contributed by atoms with E-state index in [4.69, 9.17) is 14.2 Å². The van der Waals surface area contributed by atoms with Crippen LogP contribution in [-0.2, 0) is 13.2 Å². The summed E-state index contributed by atoms with van der Waals surface area (Å²) >= 11 is 0. The van der Waals surface area contributed by atoms with Crippen LogP contribution in [0.1, 0.15) is 27.0 Å². The summed E-state index contributed by atoms with van der Waals surface area (Å²) in [6, 6.07) is 32.6. The van der Waals surface area contributed by atoms with Crippen molar-refractivity contribution in [3.8, 4) is 17.2 Å². The molecule has 0 atom stereocenters. The van der Waals surface area contributed by atoms with E-state index >= 15 is 0 Å². The second-order valence-electron chi connectivity index (χ2n) is 7.65. The van der Waals surface area contributed by atoms with Gasteiger partial charge in [-0.05, 0) is 47.0 Å². The molecule has 4 rings (SSSR count). The molecule has 0 unspecified atom stereocenters. The largest absolute Gasteiger partial charge is 0.497 e. The summed E-state index contributed by atoms with van der Waals surface area (Å²) in [7, 11) is 1.62. The normalized spacial score (nSPS) is 10.7. The van der Waals surface area contributed by atoms with Crippen LogP contribution in [0.15, 0.2) is 109 Å². The highest BCUT2D eigenvalue weighted by Crippen LogP contribution is 2.31. The zero-order valence-electron chi connectivity index (χ0n) is 19.0. The number of carbonyl (C=O) groups excluding carboxylic acids is 1. The molecule has 4 aromatic rings. The lowest BCUT2D eigenvalue weighted by Crippen LogP contribution is -2.06. The Morgan fingerprint density at radius 1 is 0.676 bits per heavy atom. The third-order valence-electron chi connectivity index (χ3n) is 5.25. The van der Waals surface area contributed by atoms with Gasteiger partial charge in [0.1, 0.15) is 36.0 Å². The predicted molar refractivity (Wildman–Crippen MR) is 134 cm³/mol. The van der Waals surface area contributed by atoms with Crippen molar-refractivity contribution in [3.63, 3.8) is 0 Å². The molecule has 0 N–H and O–H groups in total. The van der Waals surface area contributed by atoms with Gasteiger partial charge >= 0.3 is 0 Å². The molecule has 4 heteroatoms. The van der Waals surface area contributed by atoms with Crippen LogP contribution in [0, 0.1) is 0 Å². The zero-order chi connectivity index (χ0) is 23.6. The SMILES string of the molecule is COc1ccc(/C=C/C(=O)c2c(OCc3ccccc3)cccc2OCc2ccccc2)cc1. The molecule has 0 heterocycles. The van der Waals surface area contributed by atoms with Gasteiger partial charge in [-0.3, -0.25) is 4.79 Å². The molecule has 0 radical (unpaired) electrons. The van der Waals surface area contributed by atoms with Crippen molar-refractivity contribution in [2.45, 2.75) is 13.2 Å². The molecule has 4 aromatic carbocycles. The molecule has 0 fully saturated rings. The minimum atomic E-state index is -0.192. The van der Waals surface area contributed by atoms with Crippen LogP contribution < -0.4 is 14.2 Å². The molecule has 0 amide bonds. The van der Waals surface area contributed by atoms with Crippen molar-refractivity contribution in [2.24, 2.45) is 0 Å². The van der Waals surface area contributed by atoms with E-state index in [0.717, 1.165) is 22.4 Å². The summed E-state index contributed by atoms with van der Waals surface area (Å²) in [5.41, 5.74) is 3.33. The van der Waals surface area contributed by atoms with Gasteiger partial charge in [-0.1, -0.05) is 84.9 Å². The van der Waals surface area contributed by atoms with Crippen LogP contribution in [0.4, 0.5) is 0 Å². The molecule has 0 aliphatic heterocycles. The Hall–Kier alpha value is -4.31. The highest BCUT2D eigenvalue weighted by Gasteiger charge is 2.17. The Kier molecular flexibility index (Phi) is 7.75. The quantitative estimate of drug-likeness (QED) is 0.198. The van der Waals surface area contributed by atoms with Crippen LogP contribution in [0.25, 0.3) is 6.08 Å². The molecular weight excluding hydrogens is 424 g/mol. The number of carbonyl (C=O) groups is 1. The zero-order valence-corrected chi connectivity index (χ0v) is 19.0. The van der Waals surface area contributed by atoms with Crippen molar-refractivity contribution in [1.29, 1.82) is 0 Å². The van der Waals surface area contributed by atoms with Gasteiger partial charge in [0, 0.05) is 0 Å². The minimum Gasteiger partial charge on any atom is -0.497 e. The summed E-state index contributed by atoms with van der Waals surface area (Å²) in [6.07, 6.45) is 3.32. The second-order valence-corrected chi connectivity index (χ2v) is 7.65. The first-order chi connectivity index (χ1) is 16.7. The third kappa shape index (κ3) is 6.14. The molecule has 34 heavy (non-hydrogen) atoms. The summed E-state index contributed by atoms with van der Waals surface area (Å²) in [5, 5.41) is 0. The highest BCUT2D eigenvalue weighted by atomic mass is 16.5. The van der Waals surface area contributed by atoms with Crippen molar-refractivity contribution in [3.05, 3.63) is 131 Å². The van der Waals surface area contributed by atoms with Crippen molar-refractivity contribution >= 4 is 11.9 Å². The van der Waals surface area contributed by atoms with E-state index in [1.54, 1.807) is 31.4 Å². The highest BCUT2D eigenvalue weighted by molar-refractivity contribution is 6.10. The van der Waals surface area contributed by atoms with Crippen LogP contribution in [-0.4, -0.2) is 12.9 Å². The van der Waals surface area contributed by atoms with Crippen LogP contribution >= 0.6 is 0 Å². The third-order valence-corrected chi connectivity index (χ3v) is 5.25. The Morgan fingerprint density at radius 3 is 1.71 bits per heavy atom. The maximum absolute atomic E-state index is 13.3. The number of ketones is 1. The van der Waals surface area contributed by atoms with E-state index in [9.17, 15) is 4.79 Å². The molecule has 0 aromatic heterocycles. The first-order valence-corrected chi connectivity index (χ1v) is 11.1. The first-order valence-electron chi connectivity index (χ1n) is 11.1. The number of ether oxygens (including phenoxy) is 3. The van der Waals surface area contributed by atoms with Crippen LogP contribution in [0.2, 0.25) is 0 Å². The molecule has 0 saturated heterocycles. The van der Waals surface area contributed by atoms with Gasteiger partial charge in [-0.25, -0.2) is 0 Å². The maximum Gasteiger partial charge on any atom is 0.193 e. The van der Waals surface area contributed by atoms with E-state index in [1.807, 2.05) is 91.0 Å². The molecular formula is C30H26O4. The predicted octanol–water partition coefficient (Wildman–Crippen LogP) is 6.75. The molecule has 170 valence electrons. The lowest BCUT2D eigenvalue weighted by molar-refractivity contribution is 0.103. The van der Waals surface area contributed by atoms with Crippen molar-refractivity contribution in [1.82, 2.24) is 0 Å². The number of benzene rings is 4. The number of allylic oxidation sites excluding steroid dienone is 1.